The molecule has 1 aromatic rings. The van der Waals surface area contributed by atoms with Crippen molar-refractivity contribution in [2.24, 2.45) is 5.73 Å². The first kappa shape index (κ1) is 15.9. The molecule has 0 unspecified atom stereocenters. The monoisotopic (exact) mass is 280 g/mol. The molecule has 0 amide bonds. The number of rotatable bonds is 8. The molecule has 0 atom stereocenters. The average molecular weight is 280 g/mol. The van der Waals surface area contributed by atoms with E-state index in [4.69, 9.17) is 18.0 Å². The lowest BCUT2D eigenvalue weighted by atomic mass is 10.2. The van der Waals surface area contributed by atoms with Gasteiger partial charge in [0.05, 0.1) is 5.56 Å². The molecule has 0 fully saturated rings. The van der Waals surface area contributed by atoms with Gasteiger partial charge in [0, 0.05) is 18.8 Å². The molecule has 0 saturated carbocycles. The number of anilines is 1. The van der Waals surface area contributed by atoms with Gasteiger partial charge in [0.25, 0.3) is 0 Å². The van der Waals surface area contributed by atoms with Crippen molar-refractivity contribution in [1.82, 2.24) is 9.88 Å². The molecule has 0 saturated heterocycles. The number of thiocarbonyl (C=S) groups is 1. The zero-order valence-electron chi connectivity index (χ0n) is 12.0. The minimum Gasteiger partial charge on any atom is -0.389 e. The van der Waals surface area contributed by atoms with Crippen LogP contribution in [0.25, 0.3) is 0 Å². The Hall–Kier alpha value is -1.20. The van der Waals surface area contributed by atoms with Crippen LogP contribution in [0.3, 0.4) is 0 Å². The van der Waals surface area contributed by atoms with Gasteiger partial charge >= 0.3 is 0 Å². The highest BCUT2D eigenvalue weighted by atomic mass is 32.1. The van der Waals surface area contributed by atoms with Crippen molar-refractivity contribution in [3.05, 3.63) is 23.9 Å². The molecule has 1 heterocycles. The van der Waals surface area contributed by atoms with Gasteiger partial charge in [-0.1, -0.05) is 12.2 Å². The fourth-order valence-electron chi connectivity index (χ4n) is 1.70. The number of unbranched alkanes of at least 4 members (excludes halogenated alkanes) is 1. The lowest BCUT2D eigenvalue weighted by molar-refractivity contribution is 0.269. The molecule has 4 nitrogen and oxygen atoms in total. The largest absolute Gasteiger partial charge is 0.389 e. The van der Waals surface area contributed by atoms with Gasteiger partial charge in [-0.25, -0.2) is 4.98 Å². The van der Waals surface area contributed by atoms with Crippen LogP contribution in [-0.2, 0) is 0 Å². The summed E-state index contributed by atoms with van der Waals surface area (Å²) in [6.07, 6.45) is 4.01. The van der Waals surface area contributed by atoms with E-state index in [0.29, 0.717) is 11.0 Å². The summed E-state index contributed by atoms with van der Waals surface area (Å²) >= 11 is 5.01. The van der Waals surface area contributed by atoms with Gasteiger partial charge < -0.3 is 16.0 Å². The molecular formula is C14H24N4S. The Labute approximate surface area is 121 Å². The van der Waals surface area contributed by atoms with Crippen LogP contribution in [0.5, 0.6) is 0 Å². The summed E-state index contributed by atoms with van der Waals surface area (Å²) < 4.78 is 0. The third-order valence-corrected chi connectivity index (χ3v) is 3.40. The quantitative estimate of drug-likeness (QED) is 0.565. The molecule has 0 aliphatic rings. The molecule has 0 aliphatic carbocycles. The fraction of sp³-hybridized carbons (Fsp3) is 0.571. The smallest absolute Gasteiger partial charge is 0.136 e. The maximum atomic E-state index is 5.66. The van der Waals surface area contributed by atoms with Gasteiger partial charge in [-0.3, -0.25) is 0 Å². The van der Waals surface area contributed by atoms with Crippen LogP contribution in [0.1, 0.15) is 32.3 Å². The van der Waals surface area contributed by atoms with E-state index >= 15 is 0 Å². The number of nitrogens with zero attached hydrogens (tertiary/aromatic N) is 2. The van der Waals surface area contributed by atoms with Crippen LogP contribution in [-0.4, -0.2) is 41.1 Å². The minimum absolute atomic E-state index is 0.384. The van der Waals surface area contributed by atoms with Crippen molar-refractivity contribution in [3.63, 3.8) is 0 Å². The van der Waals surface area contributed by atoms with E-state index in [0.717, 1.165) is 37.3 Å². The maximum Gasteiger partial charge on any atom is 0.136 e. The molecule has 19 heavy (non-hydrogen) atoms. The highest BCUT2D eigenvalue weighted by Gasteiger charge is 2.05. The molecule has 1 aromatic heterocycles. The van der Waals surface area contributed by atoms with E-state index in [1.54, 1.807) is 6.20 Å². The second-order valence-corrected chi connectivity index (χ2v) is 5.41. The fourth-order valence-corrected chi connectivity index (χ4v) is 1.86. The first-order valence-electron chi connectivity index (χ1n) is 6.71. The number of hydrogen-bond donors (Lipinski definition) is 2. The van der Waals surface area contributed by atoms with Crippen molar-refractivity contribution >= 4 is 23.0 Å². The summed E-state index contributed by atoms with van der Waals surface area (Å²) in [5.41, 5.74) is 6.48. The molecule has 0 aliphatic heterocycles. The number of hydrogen-bond acceptors (Lipinski definition) is 4. The number of aromatic nitrogens is 1. The van der Waals surface area contributed by atoms with Crippen LogP contribution in [0, 0.1) is 0 Å². The van der Waals surface area contributed by atoms with Crippen LogP contribution < -0.4 is 11.1 Å². The second kappa shape index (κ2) is 8.07. The third-order valence-electron chi connectivity index (χ3n) is 3.18. The normalized spacial score (nSPS) is 11.0. The topological polar surface area (TPSA) is 54.2 Å². The van der Waals surface area contributed by atoms with E-state index in [1.165, 1.54) is 0 Å². The minimum atomic E-state index is 0.384. The average Bonchev–Trinajstić information content (AvgIpc) is 2.38. The maximum absolute atomic E-state index is 5.66. The summed E-state index contributed by atoms with van der Waals surface area (Å²) in [4.78, 5) is 7.00. The number of pyridine rings is 1. The first-order chi connectivity index (χ1) is 9.02. The molecule has 106 valence electrons. The van der Waals surface area contributed by atoms with E-state index in [1.807, 2.05) is 12.1 Å². The summed E-state index contributed by atoms with van der Waals surface area (Å²) in [5.74, 6) is 0.784. The second-order valence-electron chi connectivity index (χ2n) is 4.97. The zero-order chi connectivity index (χ0) is 14.3. The van der Waals surface area contributed by atoms with Crippen molar-refractivity contribution < 1.29 is 0 Å². The van der Waals surface area contributed by atoms with Gasteiger partial charge in [0.2, 0.25) is 0 Å². The molecule has 0 spiro atoms. The highest BCUT2D eigenvalue weighted by molar-refractivity contribution is 7.80. The van der Waals surface area contributed by atoms with Crippen molar-refractivity contribution in [3.8, 4) is 0 Å². The van der Waals surface area contributed by atoms with E-state index in [-0.39, 0.29) is 0 Å². The van der Waals surface area contributed by atoms with Gasteiger partial charge in [0.15, 0.2) is 0 Å². The van der Waals surface area contributed by atoms with Crippen LogP contribution >= 0.6 is 12.2 Å². The van der Waals surface area contributed by atoms with Crippen molar-refractivity contribution in [1.29, 1.82) is 0 Å². The number of nitrogens with two attached hydrogens (primary N) is 1. The SMILES string of the molecule is CC(C)N(C)CCCCNc1ncccc1C(N)=S. The lowest BCUT2D eigenvalue weighted by Crippen LogP contribution is -2.27. The van der Waals surface area contributed by atoms with Crippen LogP contribution in [0.15, 0.2) is 18.3 Å². The molecule has 0 aromatic carbocycles. The van der Waals surface area contributed by atoms with Crippen molar-refractivity contribution in [2.45, 2.75) is 32.7 Å². The molecule has 0 bridgehead atoms. The molecule has 3 N–H and O–H groups in total. The van der Waals surface area contributed by atoms with Gasteiger partial charge in [0.1, 0.15) is 10.8 Å². The summed E-state index contributed by atoms with van der Waals surface area (Å²) in [7, 11) is 2.15. The highest BCUT2D eigenvalue weighted by Crippen LogP contribution is 2.11. The Kier molecular flexibility index (Phi) is 6.73. The third kappa shape index (κ3) is 5.53. The van der Waals surface area contributed by atoms with Gasteiger partial charge in [-0.05, 0) is 52.4 Å². The molecule has 1 rings (SSSR count). The Balaban J connectivity index is 2.32. The van der Waals surface area contributed by atoms with E-state index in [9.17, 15) is 0 Å². The zero-order valence-corrected chi connectivity index (χ0v) is 12.8. The van der Waals surface area contributed by atoms with E-state index in [2.05, 4.69) is 36.1 Å². The predicted molar refractivity (Wildman–Crippen MR) is 85.6 cm³/mol. The summed E-state index contributed by atoms with van der Waals surface area (Å²) in [5, 5.41) is 3.30. The van der Waals surface area contributed by atoms with Crippen LogP contribution in [0.4, 0.5) is 5.82 Å². The van der Waals surface area contributed by atoms with Gasteiger partial charge in [-0.2, -0.15) is 0 Å². The summed E-state index contributed by atoms with van der Waals surface area (Å²) in [6, 6.07) is 4.34. The van der Waals surface area contributed by atoms with Crippen LogP contribution in [0.2, 0.25) is 0 Å². The van der Waals surface area contributed by atoms with E-state index < -0.39 is 0 Å². The van der Waals surface area contributed by atoms with Crippen molar-refractivity contribution in [2.75, 3.05) is 25.5 Å². The molecule has 0 radical (unpaired) electrons. The summed E-state index contributed by atoms with van der Waals surface area (Å²) in [6.45, 7) is 6.42. The lowest BCUT2D eigenvalue weighted by Gasteiger charge is -2.20. The predicted octanol–water partition coefficient (Wildman–Crippen LogP) is 2.25. The standard InChI is InChI=1S/C14H24N4S/c1-11(2)18(3)10-5-4-8-16-14-12(13(15)19)7-6-9-17-14/h6-7,9,11H,4-5,8,10H2,1-3H3,(H2,15,19)(H,16,17). The van der Waals surface area contributed by atoms with Gasteiger partial charge in [-0.15, -0.1) is 0 Å². The Morgan fingerprint density at radius 2 is 2.21 bits per heavy atom. The molecule has 5 heteroatoms. The molecular weight excluding hydrogens is 256 g/mol. The Bertz CT molecular complexity index is 406. The Morgan fingerprint density at radius 1 is 1.47 bits per heavy atom. The Morgan fingerprint density at radius 3 is 2.84 bits per heavy atom. The first-order valence-corrected chi connectivity index (χ1v) is 7.12. The number of nitrogens with one attached hydrogen (secondary N) is 1.